The fraction of sp³-hybridized carbons (Fsp3) is 0.273. The second-order valence-corrected chi connectivity index (χ2v) is 3.03. The standard InChI is InChI=1S/C11H11NO3/c1-15-11(14)6-10(13)9-4-2-8(7-12)3-5-9/h2-5,10,13H,6H2,1H3/t10-/m1/s1. The molecule has 1 aromatic rings. The van der Waals surface area contributed by atoms with Gasteiger partial charge in [-0.25, -0.2) is 0 Å². The van der Waals surface area contributed by atoms with Crippen molar-refractivity contribution in [2.45, 2.75) is 12.5 Å². The highest BCUT2D eigenvalue weighted by Crippen LogP contribution is 2.17. The number of benzene rings is 1. The van der Waals surface area contributed by atoms with E-state index in [4.69, 9.17) is 5.26 Å². The van der Waals surface area contributed by atoms with Crippen molar-refractivity contribution in [1.29, 1.82) is 5.26 Å². The molecule has 0 aliphatic heterocycles. The first-order valence-corrected chi connectivity index (χ1v) is 4.42. The Balaban J connectivity index is 2.70. The molecule has 4 heteroatoms. The third-order valence-corrected chi connectivity index (χ3v) is 2.01. The molecule has 4 nitrogen and oxygen atoms in total. The van der Waals surface area contributed by atoms with E-state index in [2.05, 4.69) is 4.74 Å². The molecular weight excluding hydrogens is 194 g/mol. The molecular formula is C11H11NO3. The summed E-state index contributed by atoms with van der Waals surface area (Å²) in [6.45, 7) is 0. The summed E-state index contributed by atoms with van der Waals surface area (Å²) in [4.78, 5) is 10.9. The van der Waals surface area contributed by atoms with Gasteiger partial charge in [-0.2, -0.15) is 5.26 Å². The molecule has 0 spiro atoms. The fourth-order valence-corrected chi connectivity index (χ4v) is 1.14. The predicted octanol–water partition coefficient (Wildman–Crippen LogP) is 1.15. The zero-order chi connectivity index (χ0) is 11.3. The van der Waals surface area contributed by atoms with Crippen molar-refractivity contribution in [3.63, 3.8) is 0 Å². The van der Waals surface area contributed by atoms with Crippen LogP contribution in [0.2, 0.25) is 0 Å². The van der Waals surface area contributed by atoms with E-state index in [1.807, 2.05) is 6.07 Å². The Morgan fingerprint density at radius 3 is 2.60 bits per heavy atom. The van der Waals surface area contributed by atoms with E-state index in [-0.39, 0.29) is 6.42 Å². The zero-order valence-corrected chi connectivity index (χ0v) is 8.30. The summed E-state index contributed by atoms with van der Waals surface area (Å²) < 4.78 is 4.44. The van der Waals surface area contributed by atoms with E-state index < -0.39 is 12.1 Å². The largest absolute Gasteiger partial charge is 0.469 e. The molecule has 1 atom stereocenters. The number of methoxy groups -OCH3 is 1. The van der Waals surface area contributed by atoms with Gasteiger partial charge in [-0.05, 0) is 17.7 Å². The summed E-state index contributed by atoms with van der Waals surface area (Å²) in [5, 5.41) is 18.2. The number of nitriles is 1. The number of esters is 1. The Hall–Kier alpha value is -1.86. The maximum absolute atomic E-state index is 10.9. The molecule has 1 aromatic carbocycles. The van der Waals surface area contributed by atoms with Gasteiger partial charge in [0.05, 0.1) is 31.3 Å². The Morgan fingerprint density at radius 2 is 2.13 bits per heavy atom. The highest BCUT2D eigenvalue weighted by atomic mass is 16.5. The first kappa shape index (κ1) is 11.2. The minimum absolute atomic E-state index is 0.0810. The smallest absolute Gasteiger partial charge is 0.308 e. The average Bonchev–Trinajstić information content (AvgIpc) is 2.29. The van der Waals surface area contributed by atoms with Crippen molar-refractivity contribution in [3.8, 4) is 6.07 Å². The second kappa shape index (κ2) is 5.13. The van der Waals surface area contributed by atoms with Gasteiger partial charge in [0.25, 0.3) is 0 Å². The van der Waals surface area contributed by atoms with Crippen LogP contribution in [0.4, 0.5) is 0 Å². The highest BCUT2D eigenvalue weighted by Gasteiger charge is 2.12. The molecule has 0 aliphatic carbocycles. The third kappa shape index (κ3) is 3.08. The maximum atomic E-state index is 10.9. The topological polar surface area (TPSA) is 70.3 Å². The number of rotatable bonds is 3. The van der Waals surface area contributed by atoms with Gasteiger partial charge in [-0.1, -0.05) is 12.1 Å². The van der Waals surface area contributed by atoms with Gasteiger partial charge < -0.3 is 9.84 Å². The van der Waals surface area contributed by atoms with Crippen molar-refractivity contribution >= 4 is 5.97 Å². The van der Waals surface area contributed by atoms with Crippen molar-refractivity contribution in [1.82, 2.24) is 0 Å². The van der Waals surface area contributed by atoms with E-state index in [1.54, 1.807) is 24.3 Å². The van der Waals surface area contributed by atoms with Crippen LogP contribution in [0.3, 0.4) is 0 Å². The lowest BCUT2D eigenvalue weighted by molar-refractivity contribution is -0.142. The quantitative estimate of drug-likeness (QED) is 0.751. The lowest BCUT2D eigenvalue weighted by Gasteiger charge is -2.08. The summed E-state index contributed by atoms with van der Waals surface area (Å²) in [5.41, 5.74) is 1.11. The molecule has 0 aromatic heterocycles. The molecule has 0 fully saturated rings. The number of carbonyl (C=O) groups excluding carboxylic acids is 1. The number of aliphatic hydroxyl groups excluding tert-OH is 1. The van der Waals surface area contributed by atoms with Crippen molar-refractivity contribution in [3.05, 3.63) is 35.4 Å². The Morgan fingerprint density at radius 1 is 1.53 bits per heavy atom. The average molecular weight is 205 g/mol. The van der Waals surface area contributed by atoms with E-state index in [0.717, 1.165) is 0 Å². The molecule has 0 saturated heterocycles. The molecule has 0 radical (unpaired) electrons. The van der Waals surface area contributed by atoms with E-state index in [0.29, 0.717) is 11.1 Å². The lowest BCUT2D eigenvalue weighted by Crippen LogP contribution is -2.07. The Labute approximate surface area is 87.7 Å². The van der Waals surface area contributed by atoms with Gasteiger partial charge in [0, 0.05) is 0 Å². The Bertz CT molecular complexity index is 378. The Kier molecular flexibility index (Phi) is 3.83. The first-order valence-electron chi connectivity index (χ1n) is 4.42. The third-order valence-electron chi connectivity index (χ3n) is 2.01. The van der Waals surface area contributed by atoms with E-state index in [1.165, 1.54) is 7.11 Å². The van der Waals surface area contributed by atoms with E-state index in [9.17, 15) is 9.90 Å². The van der Waals surface area contributed by atoms with Crippen LogP contribution >= 0.6 is 0 Å². The van der Waals surface area contributed by atoms with Crippen molar-refractivity contribution in [2.75, 3.05) is 7.11 Å². The number of hydrogen-bond donors (Lipinski definition) is 1. The molecule has 1 N–H and O–H groups in total. The van der Waals surface area contributed by atoms with Gasteiger partial charge in [-0.3, -0.25) is 4.79 Å². The molecule has 0 bridgehead atoms. The van der Waals surface area contributed by atoms with Crippen LogP contribution in [0.15, 0.2) is 24.3 Å². The van der Waals surface area contributed by atoms with Crippen molar-refractivity contribution < 1.29 is 14.6 Å². The van der Waals surface area contributed by atoms with Gasteiger partial charge in [-0.15, -0.1) is 0 Å². The number of ether oxygens (including phenoxy) is 1. The summed E-state index contributed by atoms with van der Waals surface area (Å²) in [6, 6.07) is 8.39. The van der Waals surface area contributed by atoms with Crippen molar-refractivity contribution in [2.24, 2.45) is 0 Å². The van der Waals surface area contributed by atoms with Crippen LogP contribution in [0.25, 0.3) is 0 Å². The molecule has 0 unspecified atom stereocenters. The van der Waals surface area contributed by atoms with Gasteiger partial charge in [0.15, 0.2) is 0 Å². The second-order valence-electron chi connectivity index (χ2n) is 3.03. The lowest BCUT2D eigenvalue weighted by atomic mass is 10.1. The predicted molar refractivity (Wildman–Crippen MR) is 52.7 cm³/mol. The molecule has 0 saturated carbocycles. The monoisotopic (exact) mass is 205 g/mol. The summed E-state index contributed by atoms with van der Waals surface area (Å²) in [6.07, 6.45) is -0.965. The van der Waals surface area contributed by atoms with Crippen LogP contribution in [0, 0.1) is 11.3 Å². The number of aliphatic hydroxyl groups is 1. The molecule has 0 heterocycles. The zero-order valence-electron chi connectivity index (χ0n) is 8.30. The first-order chi connectivity index (χ1) is 7.17. The normalized spacial score (nSPS) is 11.5. The van der Waals surface area contributed by atoms with Gasteiger partial charge >= 0.3 is 5.97 Å². The maximum Gasteiger partial charge on any atom is 0.308 e. The molecule has 15 heavy (non-hydrogen) atoms. The molecule has 78 valence electrons. The fourth-order valence-electron chi connectivity index (χ4n) is 1.14. The van der Waals surface area contributed by atoms with Crippen LogP contribution in [-0.4, -0.2) is 18.2 Å². The van der Waals surface area contributed by atoms with Crippen LogP contribution in [0.5, 0.6) is 0 Å². The number of nitrogens with zero attached hydrogens (tertiary/aromatic N) is 1. The molecule has 0 aliphatic rings. The highest BCUT2D eigenvalue weighted by molar-refractivity contribution is 5.70. The van der Waals surface area contributed by atoms with Crippen LogP contribution < -0.4 is 0 Å². The molecule has 0 amide bonds. The summed E-state index contributed by atoms with van der Waals surface area (Å²) >= 11 is 0. The summed E-state index contributed by atoms with van der Waals surface area (Å²) in [5.74, 6) is -0.466. The minimum atomic E-state index is -0.884. The number of carbonyl (C=O) groups is 1. The SMILES string of the molecule is COC(=O)C[C@@H](O)c1ccc(C#N)cc1. The van der Waals surface area contributed by atoms with Gasteiger partial charge in [0.2, 0.25) is 0 Å². The van der Waals surface area contributed by atoms with Gasteiger partial charge in [0.1, 0.15) is 0 Å². The van der Waals surface area contributed by atoms with Crippen LogP contribution in [0.1, 0.15) is 23.7 Å². The van der Waals surface area contributed by atoms with E-state index >= 15 is 0 Å². The summed E-state index contributed by atoms with van der Waals surface area (Å²) in [7, 11) is 1.27. The minimum Gasteiger partial charge on any atom is -0.469 e. The number of hydrogen-bond acceptors (Lipinski definition) is 4. The molecule has 1 rings (SSSR count). The van der Waals surface area contributed by atoms with Crippen LogP contribution in [-0.2, 0) is 9.53 Å².